The number of morpholine rings is 1. The molecule has 0 radical (unpaired) electrons. The van der Waals surface area contributed by atoms with Gasteiger partial charge in [-0.15, -0.1) is 0 Å². The number of aliphatic imine (C=N–C) groups is 1. The van der Waals surface area contributed by atoms with Gasteiger partial charge in [0.25, 0.3) is 0 Å². The van der Waals surface area contributed by atoms with E-state index in [2.05, 4.69) is 32.2 Å². The molecule has 1 fully saturated rings. The SMILES string of the molecule is CCNC(=NCc1ccc(COCC(F)(F)F)cc1)NCC(C)N1CCOCC1. The zero-order valence-corrected chi connectivity index (χ0v) is 17.1. The van der Waals surface area contributed by atoms with Gasteiger partial charge in [0.2, 0.25) is 0 Å². The molecule has 0 bridgehead atoms. The maximum atomic E-state index is 12.1. The Morgan fingerprint density at radius 3 is 2.45 bits per heavy atom. The van der Waals surface area contributed by atoms with E-state index in [-0.39, 0.29) is 6.61 Å². The van der Waals surface area contributed by atoms with Crippen molar-refractivity contribution in [3.63, 3.8) is 0 Å². The van der Waals surface area contributed by atoms with Gasteiger partial charge in [-0.1, -0.05) is 24.3 Å². The Morgan fingerprint density at radius 2 is 1.83 bits per heavy atom. The summed E-state index contributed by atoms with van der Waals surface area (Å²) in [6, 6.07) is 7.62. The Morgan fingerprint density at radius 1 is 1.17 bits per heavy atom. The van der Waals surface area contributed by atoms with Crippen LogP contribution in [0.5, 0.6) is 0 Å². The van der Waals surface area contributed by atoms with E-state index < -0.39 is 12.8 Å². The topological polar surface area (TPSA) is 58.1 Å². The van der Waals surface area contributed by atoms with Gasteiger partial charge in [-0.3, -0.25) is 4.90 Å². The van der Waals surface area contributed by atoms with Gasteiger partial charge in [0.1, 0.15) is 6.61 Å². The summed E-state index contributed by atoms with van der Waals surface area (Å²) in [7, 11) is 0. The van der Waals surface area contributed by atoms with E-state index in [1.807, 2.05) is 19.1 Å². The number of benzene rings is 1. The van der Waals surface area contributed by atoms with Crippen LogP contribution in [0.2, 0.25) is 0 Å². The van der Waals surface area contributed by atoms with Gasteiger partial charge in [0, 0.05) is 32.2 Å². The molecule has 0 amide bonds. The van der Waals surface area contributed by atoms with Gasteiger partial charge >= 0.3 is 6.18 Å². The third-order valence-corrected chi connectivity index (χ3v) is 4.56. The van der Waals surface area contributed by atoms with Crippen LogP contribution in [0.3, 0.4) is 0 Å². The number of hydrogen-bond acceptors (Lipinski definition) is 4. The highest BCUT2D eigenvalue weighted by atomic mass is 19.4. The van der Waals surface area contributed by atoms with Crippen molar-refractivity contribution in [3.05, 3.63) is 35.4 Å². The summed E-state index contributed by atoms with van der Waals surface area (Å²) in [5.74, 6) is 0.741. The smallest absolute Gasteiger partial charge is 0.379 e. The van der Waals surface area contributed by atoms with Crippen LogP contribution in [0.1, 0.15) is 25.0 Å². The second-order valence-corrected chi connectivity index (χ2v) is 7.00. The van der Waals surface area contributed by atoms with Crippen LogP contribution < -0.4 is 10.6 Å². The van der Waals surface area contributed by atoms with Crippen molar-refractivity contribution in [3.8, 4) is 0 Å². The second kappa shape index (κ2) is 12.0. The minimum atomic E-state index is -4.30. The standard InChI is InChI=1S/C20H31F3N4O2/c1-3-24-19(25-12-16(2)27-8-10-28-11-9-27)26-13-17-4-6-18(7-5-17)14-29-15-20(21,22)23/h4-7,16H,3,8-15H2,1-2H3,(H2,24,25,26). The van der Waals surface area contributed by atoms with Crippen molar-refractivity contribution >= 4 is 5.96 Å². The molecule has 1 aromatic rings. The molecule has 1 aliphatic rings. The lowest BCUT2D eigenvalue weighted by atomic mass is 10.1. The molecule has 1 heterocycles. The average molecular weight is 416 g/mol. The van der Waals surface area contributed by atoms with Gasteiger partial charge in [0.15, 0.2) is 5.96 Å². The van der Waals surface area contributed by atoms with Crippen molar-refractivity contribution < 1.29 is 22.6 Å². The van der Waals surface area contributed by atoms with Gasteiger partial charge in [-0.2, -0.15) is 13.2 Å². The zero-order valence-electron chi connectivity index (χ0n) is 17.1. The zero-order chi connectivity index (χ0) is 21.1. The van der Waals surface area contributed by atoms with E-state index in [0.717, 1.165) is 50.9 Å². The van der Waals surface area contributed by atoms with Crippen molar-refractivity contribution in [1.82, 2.24) is 15.5 Å². The van der Waals surface area contributed by atoms with Crippen LogP contribution in [0, 0.1) is 0 Å². The van der Waals surface area contributed by atoms with Crippen LogP contribution in [-0.2, 0) is 22.6 Å². The molecule has 29 heavy (non-hydrogen) atoms. The van der Waals surface area contributed by atoms with Crippen LogP contribution in [-0.4, -0.2) is 69.1 Å². The molecular formula is C20H31F3N4O2. The van der Waals surface area contributed by atoms with Gasteiger partial charge in [-0.25, -0.2) is 4.99 Å². The molecule has 1 aliphatic heterocycles. The van der Waals surface area contributed by atoms with Crippen LogP contribution in [0.25, 0.3) is 0 Å². The summed E-state index contributed by atoms with van der Waals surface area (Å²) in [6.45, 7) is 8.34. The number of nitrogens with zero attached hydrogens (tertiary/aromatic N) is 2. The Kier molecular flexibility index (Phi) is 9.69. The summed E-state index contributed by atoms with van der Waals surface area (Å²) < 4.78 is 46.4. The van der Waals surface area contributed by atoms with Crippen molar-refractivity contribution in [2.24, 2.45) is 4.99 Å². The lowest BCUT2D eigenvalue weighted by molar-refractivity contribution is -0.176. The molecular weight excluding hydrogens is 385 g/mol. The summed E-state index contributed by atoms with van der Waals surface area (Å²) >= 11 is 0. The number of ether oxygens (including phenoxy) is 2. The Hall–Kier alpha value is -1.84. The van der Waals surface area contributed by atoms with Crippen molar-refractivity contribution in [2.75, 3.05) is 46.0 Å². The minimum Gasteiger partial charge on any atom is -0.379 e. The fourth-order valence-electron chi connectivity index (χ4n) is 2.93. The van der Waals surface area contributed by atoms with Gasteiger partial charge < -0.3 is 20.1 Å². The highest BCUT2D eigenvalue weighted by Crippen LogP contribution is 2.16. The molecule has 1 unspecified atom stereocenters. The molecule has 0 aliphatic carbocycles. The highest BCUT2D eigenvalue weighted by molar-refractivity contribution is 5.79. The first-order valence-corrected chi connectivity index (χ1v) is 9.93. The number of alkyl halides is 3. The second-order valence-electron chi connectivity index (χ2n) is 7.00. The number of nitrogens with one attached hydrogen (secondary N) is 2. The quantitative estimate of drug-likeness (QED) is 0.479. The summed E-state index contributed by atoms with van der Waals surface area (Å²) in [6.07, 6.45) is -4.30. The molecule has 1 saturated heterocycles. The van der Waals surface area contributed by atoms with Crippen LogP contribution in [0.15, 0.2) is 29.3 Å². The molecule has 1 aromatic carbocycles. The minimum absolute atomic E-state index is 0.0628. The molecule has 2 rings (SSSR count). The van der Waals surface area contributed by atoms with Gasteiger partial charge in [0.05, 0.1) is 26.4 Å². The van der Waals surface area contributed by atoms with E-state index in [4.69, 9.17) is 4.74 Å². The van der Waals surface area contributed by atoms with Gasteiger partial charge in [-0.05, 0) is 25.0 Å². The Labute approximate surface area is 170 Å². The van der Waals surface area contributed by atoms with E-state index in [1.165, 1.54) is 0 Å². The molecule has 9 heteroatoms. The van der Waals surface area contributed by atoms with E-state index in [9.17, 15) is 13.2 Å². The number of rotatable bonds is 9. The fraction of sp³-hybridized carbons (Fsp3) is 0.650. The summed E-state index contributed by atoms with van der Waals surface area (Å²) in [5.41, 5.74) is 1.68. The number of guanidine groups is 1. The fourth-order valence-corrected chi connectivity index (χ4v) is 2.93. The Bertz CT molecular complexity index is 617. The van der Waals surface area contributed by atoms with Crippen molar-refractivity contribution in [1.29, 1.82) is 0 Å². The largest absolute Gasteiger partial charge is 0.411 e. The summed E-state index contributed by atoms with van der Waals surface area (Å²) in [5, 5.41) is 6.60. The number of halogens is 3. The van der Waals surface area contributed by atoms with E-state index in [0.29, 0.717) is 18.2 Å². The van der Waals surface area contributed by atoms with E-state index in [1.54, 1.807) is 12.1 Å². The van der Waals surface area contributed by atoms with E-state index >= 15 is 0 Å². The van der Waals surface area contributed by atoms with Crippen molar-refractivity contribution in [2.45, 2.75) is 39.2 Å². The first-order chi connectivity index (χ1) is 13.9. The molecule has 2 N–H and O–H groups in total. The monoisotopic (exact) mass is 416 g/mol. The molecule has 6 nitrogen and oxygen atoms in total. The predicted octanol–water partition coefficient (Wildman–Crippen LogP) is 2.54. The molecule has 0 spiro atoms. The Balaban J connectivity index is 1.80. The lowest BCUT2D eigenvalue weighted by Crippen LogP contribution is -2.49. The molecule has 0 aromatic heterocycles. The predicted molar refractivity (Wildman–Crippen MR) is 107 cm³/mol. The normalized spacial score (nSPS) is 17.2. The third kappa shape index (κ3) is 9.47. The third-order valence-electron chi connectivity index (χ3n) is 4.56. The van der Waals surface area contributed by atoms with Crippen LogP contribution >= 0.6 is 0 Å². The summed E-state index contributed by atoms with van der Waals surface area (Å²) in [4.78, 5) is 6.98. The molecule has 0 saturated carbocycles. The molecule has 164 valence electrons. The first kappa shape index (κ1) is 23.4. The molecule has 1 atom stereocenters. The maximum Gasteiger partial charge on any atom is 0.411 e. The number of hydrogen-bond donors (Lipinski definition) is 2. The maximum absolute atomic E-state index is 12.1. The lowest BCUT2D eigenvalue weighted by Gasteiger charge is -2.32. The van der Waals surface area contributed by atoms with Crippen LogP contribution in [0.4, 0.5) is 13.2 Å². The first-order valence-electron chi connectivity index (χ1n) is 9.93. The highest BCUT2D eigenvalue weighted by Gasteiger charge is 2.27. The average Bonchev–Trinajstić information content (AvgIpc) is 2.70.